The van der Waals surface area contributed by atoms with Crippen LogP contribution in [-0.4, -0.2) is 18.4 Å². The van der Waals surface area contributed by atoms with Crippen molar-refractivity contribution in [1.82, 2.24) is 10.9 Å². The molecule has 3 rings (SSSR count). The van der Waals surface area contributed by atoms with Crippen molar-refractivity contribution in [3.8, 4) is 16.9 Å². The summed E-state index contributed by atoms with van der Waals surface area (Å²) in [6.07, 6.45) is 0.805. The summed E-state index contributed by atoms with van der Waals surface area (Å²) in [6.45, 7) is -0.207. The normalized spacial score (nSPS) is 10.2. The largest absolute Gasteiger partial charge is 0.483 e. The van der Waals surface area contributed by atoms with Crippen LogP contribution in [-0.2, 0) is 16.0 Å². The minimum absolute atomic E-state index is 0.207. The molecule has 6 heteroatoms. The fraction of sp³-hybridized carbons (Fsp3) is 0.130. The van der Waals surface area contributed by atoms with Crippen LogP contribution in [0.4, 0.5) is 0 Å². The summed E-state index contributed by atoms with van der Waals surface area (Å²) in [6, 6.07) is 24.6. The third kappa shape index (κ3) is 6.36. The summed E-state index contributed by atoms with van der Waals surface area (Å²) in [5, 5.41) is 0.652. The van der Waals surface area contributed by atoms with Gasteiger partial charge >= 0.3 is 0 Å². The van der Waals surface area contributed by atoms with Crippen LogP contribution in [0.1, 0.15) is 12.0 Å². The monoisotopic (exact) mass is 408 g/mol. The Kier molecular flexibility index (Phi) is 7.25. The van der Waals surface area contributed by atoms with Crippen molar-refractivity contribution in [1.29, 1.82) is 0 Å². The maximum absolute atomic E-state index is 12.0. The summed E-state index contributed by atoms with van der Waals surface area (Å²) in [5.41, 5.74) is 7.67. The Morgan fingerprint density at radius 3 is 2.21 bits per heavy atom. The van der Waals surface area contributed by atoms with Crippen LogP contribution in [0.2, 0.25) is 5.02 Å². The maximum Gasteiger partial charge on any atom is 0.276 e. The van der Waals surface area contributed by atoms with E-state index < -0.39 is 5.91 Å². The minimum Gasteiger partial charge on any atom is -0.483 e. The molecule has 0 aliphatic rings. The Bertz CT molecular complexity index is 959. The fourth-order valence-corrected chi connectivity index (χ4v) is 2.86. The van der Waals surface area contributed by atoms with E-state index in [1.165, 1.54) is 0 Å². The number of nitrogens with one attached hydrogen (secondary N) is 2. The van der Waals surface area contributed by atoms with Crippen LogP contribution in [0, 0.1) is 0 Å². The van der Waals surface area contributed by atoms with Crippen molar-refractivity contribution in [3.63, 3.8) is 0 Å². The molecule has 0 saturated carbocycles. The average Bonchev–Trinajstić information content (AvgIpc) is 2.76. The third-order valence-corrected chi connectivity index (χ3v) is 4.48. The average molecular weight is 409 g/mol. The van der Waals surface area contributed by atoms with Crippen molar-refractivity contribution < 1.29 is 14.3 Å². The van der Waals surface area contributed by atoms with E-state index in [4.69, 9.17) is 16.3 Å². The van der Waals surface area contributed by atoms with E-state index in [1.807, 2.05) is 60.7 Å². The standard InChI is InChI=1S/C23H21ClN2O3/c24-19-13-10-17(11-14-19)12-15-22(27)25-26-23(28)16-29-21-9-5-4-8-20(21)18-6-2-1-3-7-18/h1-11,13-14H,12,15-16H2,(H,25,27)(H,26,28). The summed E-state index contributed by atoms with van der Waals surface area (Å²) < 4.78 is 5.65. The van der Waals surface area contributed by atoms with Gasteiger partial charge in [0.05, 0.1) is 0 Å². The molecule has 0 spiro atoms. The number of hydrogen-bond donors (Lipinski definition) is 2. The second kappa shape index (κ2) is 10.3. The van der Waals surface area contributed by atoms with Gasteiger partial charge in [-0.25, -0.2) is 0 Å². The van der Waals surface area contributed by atoms with E-state index in [-0.39, 0.29) is 18.9 Å². The molecule has 0 unspecified atom stereocenters. The van der Waals surface area contributed by atoms with Gasteiger partial charge in [-0.2, -0.15) is 0 Å². The van der Waals surface area contributed by atoms with Crippen molar-refractivity contribution in [3.05, 3.63) is 89.4 Å². The van der Waals surface area contributed by atoms with Crippen LogP contribution < -0.4 is 15.6 Å². The van der Waals surface area contributed by atoms with E-state index >= 15 is 0 Å². The maximum atomic E-state index is 12.0. The topological polar surface area (TPSA) is 67.4 Å². The highest BCUT2D eigenvalue weighted by Gasteiger charge is 2.09. The number of halogens is 1. The Morgan fingerprint density at radius 1 is 0.793 bits per heavy atom. The quantitative estimate of drug-likeness (QED) is 0.577. The molecule has 0 fully saturated rings. The van der Waals surface area contributed by atoms with Gasteiger partial charge in [-0.05, 0) is 35.7 Å². The highest BCUT2D eigenvalue weighted by Crippen LogP contribution is 2.29. The fourth-order valence-electron chi connectivity index (χ4n) is 2.74. The summed E-state index contributed by atoms with van der Waals surface area (Å²) >= 11 is 5.84. The number of amides is 2. The van der Waals surface area contributed by atoms with Crippen LogP contribution >= 0.6 is 11.6 Å². The molecule has 2 amide bonds. The number of hydrazine groups is 1. The molecule has 0 radical (unpaired) electrons. The molecule has 3 aromatic rings. The molecule has 3 aromatic carbocycles. The number of para-hydroxylation sites is 1. The lowest BCUT2D eigenvalue weighted by atomic mass is 10.1. The van der Waals surface area contributed by atoms with Crippen molar-refractivity contribution in [2.75, 3.05) is 6.61 Å². The predicted octanol–water partition coefficient (Wildman–Crippen LogP) is 4.17. The van der Waals surface area contributed by atoms with Crippen LogP contribution in [0.3, 0.4) is 0 Å². The molecule has 148 valence electrons. The Hall–Kier alpha value is -3.31. The van der Waals surface area contributed by atoms with Crippen molar-refractivity contribution in [2.24, 2.45) is 0 Å². The Labute approximate surface area is 174 Å². The lowest BCUT2D eigenvalue weighted by Crippen LogP contribution is -2.43. The summed E-state index contributed by atoms with van der Waals surface area (Å²) in [7, 11) is 0. The van der Waals surface area contributed by atoms with Crippen molar-refractivity contribution >= 4 is 23.4 Å². The van der Waals surface area contributed by atoms with Crippen LogP contribution in [0.25, 0.3) is 11.1 Å². The number of hydrogen-bond acceptors (Lipinski definition) is 3. The van der Waals surface area contributed by atoms with E-state index in [2.05, 4.69) is 10.9 Å². The van der Waals surface area contributed by atoms with Gasteiger partial charge in [0.15, 0.2) is 6.61 Å². The lowest BCUT2D eigenvalue weighted by Gasteiger charge is -2.12. The molecule has 0 heterocycles. The smallest absolute Gasteiger partial charge is 0.276 e. The number of carbonyl (C=O) groups excluding carboxylic acids is 2. The minimum atomic E-state index is -0.437. The second-order valence-electron chi connectivity index (χ2n) is 6.37. The van der Waals surface area contributed by atoms with Gasteiger partial charge in [-0.1, -0.05) is 72.3 Å². The number of benzene rings is 3. The van der Waals surface area contributed by atoms with Gasteiger partial charge in [0.25, 0.3) is 5.91 Å². The highest BCUT2D eigenvalue weighted by atomic mass is 35.5. The first kappa shape index (κ1) is 20.4. The molecule has 0 aliphatic heterocycles. The van der Waals surface area contributed by atoms with Gasteiger partial charge in [-0.3, -0.25) is 20.4 Å². The van der Waals surface area contributed by atoms with Crippen LogP contribution in [0.15, 0.2) is 78.9 Å². The number of carbonyl (C=O) groups is 2. The Morgan fingerprint density at radius 2 is 1.45 bits per heavy atom. The zero-order chi connectivity index (χ0) is 20.5. The van der Waals surface area contributed by atoms with E-state index in [9.17, 15) is 9.59 Å². The zero-order valence-corrected chi connectivity index (χ0v) is 16.5. The molecule has 2 N–H and O–H groups in total. The molecule has 29 heavy (non-hydrogen) atoms. The Balaban J connectivity index is 1.44. The van der Waals surface area contributed by atoms with E-state index in [0.717, 1.165) is 16.7 Å². The predicted molar refractivity (Wildman–Crippen MR) is 113 cm³/mol. The third-order valence-electron chi connectivity index (χ3n) is 4.23. The summed E-state index contributed by atoms with van der Waals surface area (Å²) in [5.74, 6) is -0.117. The SMILES string of the molecule is O=C(CCc1ccc(Cl)cc1)NNC(=O)COc1ccccc1-c1ccccc1. The molecular formula is C23H21ClN2O3. The zero-order valence-electron chi connectivity index (χ0n) is 15.7. The first-order chi connectivity index (χ1) is 14.1. The lowest BCUT2D eigenvalue weighted by molar-refractivity contribution is -0.130. The first-order valence-electron chi connectivity index (χ1n) is 9.21. The molecule has 0 aliphatic carbocycles. The van der Waals surface area contributed by atoms with Crippen LogP contribution in [0.5, 0.6) is 5.75 Å². The molecule has 0 saturated heterocycles. The number of rotatable bonds is 7. The van der Waals surface area contributed by atoms with Gasteiger partial charge in [-0.15, -0.1) is 0 Å². The highest BCUT2D eigenvalue weighted by molar-refractivity contribution is 6.30. The molecule has 0 atom stereocenters. The first-order valence-corrected chi connectivity index (χ1v) is 9.59. The van der Waals surface area contributed by atoms with Gasteiger partial charge < -0.3 is 4.74 Å². The summed E-state index contributed by atoms with van der Waals surface area (Å²) in [4.78, 5) is 23.9. The van der Waals surface area contributed by atoms with E-state index in [0.29, 0.717) is 17.2 Å². The second-order valence-corrected chi connectivity index (χ2v) is 6.81. The molecule has 0 bridgehead atoms. The van der Waals surface area contributed by atoms with E-state index in [1.54, 1.807) is 18.2 Å². The number of aryl methyl sites for hydroxylation is 1. The molecular weight excluding hydrogens is 388 g/mol. The van der Waals surface area contributed by atoms with Gasteiger partial charge in [0.1, 0.15) is 5.75 Å². The number of ether oxygens (including phenoxy) is 1. The van der Waals surface area contributed by atoms with Crippen molar-refractivity contribution in [2.45, 2.75) is 12.8 Å². The van der Waals surface area contributed by atoms with Gasteiger partial charge in [0, 0.05) is 17.0 Å². The molecule has 5 nitrogen and oxygen atoms in total. The molecule has 0 aromatic heterocycles. The van der Waals surface area contributed by atoms with Gasteiger partial charge in [0.2, 0.25) is 5.91 Å².